The van der Waals surface area contributed by atoms with Gasteiger partial charge in [0.05, 0.1) is 4.90 Å². The zero-order chi connectivity index (χ0) is 13.6. The van der Waals surface area contributed by atoms with Crippen molar-refractivity contribution in [1.82, 2.24) is 0 Å². The molecule has 0 spiro atoms. The van der Waals surface area contributed by atoms with Gasteiger partial charge in [-0.15, -0.1) is 0 Å². The van der Waals surface area contributed by atoms with Gasteiger partial charge >= 0.3 is 0 Å². The fourth-order valence-corrected chi connectivity index (χ4v) is 2.64. The van der Waals surface area contributed by atoms with Crippen LogP contribution in [-0.4, -0.2) is 18.1 Å². The van der Waals surface area contributed by atoms with Gasteiger partial charge in [0.1, 0.15) is 5.75 Å². The minimum Gasteiger partial charge on any atom is -0.508 e. The zero-order valence-electron chi connectivity index (χ0n) is 9.74. The van der Waals surface area contributed by atoms with Crippen LogP contribution < -0.4 is 0 Å². The normalized spacial score (nSPS) is 12.1. The first-order chi connectivity index (χ1) is 8.93. The third-order valence-corrected chi connectivity index (χ3v) is 3.90. The van der Waals surface area contributed by atoms with Gasteiger partial charge in [-0.1, -0.05) is 12.1 Å². The Labute approximate surface area is 109 Å². The van der Waals surface area contributed by atoms with Gasteiger partial charge in [0.25, 0.3) is 10.1 Å². The van der Waals surface area contributed by atoms with Crippen molar-refractivity contribution in [3.05, 3.63) is 48.5 Å². The van der Waals surface area contributed by atoms with E-state index in [9.17, 15) is 13.5 Å². The molecule has 19 heavy (non-hydrogen) atoms. The van der Waals surface area contributed by atoms with Gasteiger partial charge in [0, 0.05) is 0 Å². The molecule has 0 radical (unpaired) electrons. The van der Waals surface area contributed by atoms with Crippen LogP contribution in [0.1, 0.15) is 0 Å². The third kappa shape index (κ3) is 2.14. The maximum Gasteiger partial charge on any atom is 0.294 e. The Hall–Kier alpha value is -2.11. The fraction of sp³-hybridized carbons (Fsp3) is 0. The summed E-state index contributed by atoms with van der Waals surface area (Å²) in [5, 5.41) is 12.8. The molecule has 0 saturated heterocycles. The molecule has 4 nitrogen and oxygen atoms in total. The fourth-order valence-electron chi connectivity index (χ4n) is 2.12. The van der Waals surface area contributed by atoms with Crippen molar-refractivity contribution < 1.29 is 18.1 Å². The summed E-state index contributed by atoms with van der Waals surface area (Å²) in [4.78, 5) is -0.139. The van der Waals surface area contributed by atoms with Crippen LogP contribution in [0.2, 0.25) is 0 Å². The molecule has 3 aromatic carbocycles. The smallest absolute Gasteiger partial charge is 0.294 e. The van der Waals surface area contributed by atoms with Crippen LogP contribution in [0.5, 0.6) is 5.75 Å². The molecule has 3 rings (SSSR count). The summed E-state index contributed by atoms with van der Waals surface area (Å²) in [6.07, 6.45) is 0. The second-order valence-electron chi connectivity index (χ2n) is 4.37. The summed E-state index contributed by atoms with van der Waals surface area (Å²) in [7, 11) is -4.21. The van der Waals surface area contributed by atoms with Gasteiger partial charge in [0.2, 0.25) is 0 Å². The molecule has 0 amide bonds. The Bertz CT molecular complexity index is 898. The molecule has 3 aromatic rings. The van der Waals surface area contributed by atoms with E-state index in [-0.39, 0.29) is 10.6 Å². The molecule has 0 unspecified atom stereocenters. The Morgan fingerprint density at radius 1 is 0.737 bits per heavy atom. The Morgan fingerprint density at radius 3 is 2.00 bits per heavy atom. The molecule has 5 heteroatoms. The van der Waals surface area contributed by atoms with E-state index in [1.165, 1.54) is 12.1 Å². The van der Waals surface area contributed by atoms with E-state index in [0.717, 1.165) is 16.2 Å². The van der Waals surface area contributed by atoms with Crippen LogP contribution >= 0.6 is 0 Å². The average Bonchev–Trinajstić information content (AvgIpc) is 2.34. The Balaban J connectivity index is 2.36. The highest BCUT2D eigenvalue weighted by molar-refractivity contribution is 7.85. The lowest BCUT2D eigenvalue weighted by molar-refractivity contribution is 0.476. The molecule has 0 aliphatic carbocycles. The van der Waals surface area contributed by atoms with Crippen LogP contribution in [-0.2, 0) is 10.1 Å². The van der Waals surface area contributed by atoms with E-state index < -0.39 is 10.1 Å². The van der Waals surface area contributed by atoms with Gasteiger partial charge in [-0.2, -0.15) is 8.42 Å². The van der Waals surface area contributed by atoms with Crippen molar-refractivity contribution >= 4 is 31.7 Å². The van der Waals surface area contributed by atoms with Crippen molar-refractivity contribution in [3.8, 4) is 5.75 Å². The summed E-state index contributed by atoms with van der Waals surface area (Å²) in [6.45, 7) is 0. The van der Waals surface area contributed by atoms with E-state index in [0.29, 0.717) is 5.39 Å². The summed E-state index contributed by atoms with van der Waals surface area (Å²) in [5.74, 6) is 0.151. The largest absolute Gasteiger partial charge is 0.508 e. The molecular formula is C14H10O4S. The highest BCUT2D eigenvalue weighted by Crippen LogP contribution is 2.27. The summed E-state index contributed by atoms with van der Waals surface area (Å²) in [5.41, 5.74) is 0. The number of hydrogen-bond acceptors (Lipinski definition) is 3. The maximum absolute atomic E-state index is 11.1. The van der Waals surface area contributed by atoms with Gasteiger partial charge in [-0.05, 0) is 57.9 Å². The maximum atomic E-state index is 11.1. The van der Waals surface area contributed by atoms with E-state index in [1.54, 1.807) is 30.3 Å². The molecular weight excluding hydrogens is 264 g/mol. The first-order valence-corrected chi connectivity index (χ1v) is 7.01. The number of benzene rings is 3. The second kappa shape index (κ2) is 3.94. The highest BCUT2D eigenvalue weighted by Gasteiger charge is 2.10. The SMILES string of the molecule is O=S(=O)(O)c1ccc2cc3ccc(O)cc3cc2c1. The molecule has 0 aliphatic rings. The minimum atomic E-state index is -4.21. The van der Waals surface area contributed by atoms with E-state index in [4.69, 9.17) is 4.55 Å². The van der Waals surface area contributed by atoms with Crippen molar-refractivity contribution in [2.75, 3.05) is 0 Å². The lowest BCUT2D eigenvalue weighted by atomic mass is 10.0. The first kappa shape index (κ1) is 12.0. The summed E-state index contributed by atoms with van der Waals surface area (Å²) in [6, 6.07) is 13.1. The van der Waals surface area contributed by atoms with Crippen LogP contribution in [0, 0.1) is 0 Å². The van der Waals surface area contributed by atoms with E-state index in [2.05, 4.69) is 0 Å². The highest BCUT2D eigenvalue weighted by atomic mass is 32.2. The molecule has 2 N–H and O–H groups in total. The van der Waals surface area contributed by atoms with Gasteiger partial charge in [-0.25, -0.2) is 0 Å². The number of rotatable bonds is 1. The van der Waals surface area contributed by atoms with Crippen LogP contribution in [0.25, 0.3) is 21.5 Å². The second-order valence-corrected chi connectivity index (χ2v) is 5.79. The minimum absolute atomic E-state index is 0.139. The number of fused-ring (bicyclic) bond motifs is 2. The standard InChI is InChI=1S/C14H10O4S/c15-13-3-1-9-5-10-2-4-14(19(16,17)18)8-12(10)6-11(9)7-13/h1-8,15H,(H,16,17,18). The van der Waals surface area contributed by atoms with Crippen molar-refractivity contribution in [2.45, 2.75) is 4.90 Å². The predicted octanol–water partition coefficient (Wildman–Crippen LogP) is 2.95. The number of aromatic hydroxyl groups is 1. The summed E-state index contributed by atoms with van der Waals surface area (Å²) >= 11 is 0. The molecule has 96 valence electrons. The molecule has 0 atom stereocenters. The molecule has 0 aromatic heterocycles. The molecule has 0 saturated carbocycles. The average molecular weight is 274 g/mol. The lowest BCUT2D eigenvalue weighted by Crippen LogP contribution is -1.97. The number of phenols is 1. The van der Waals surface area contributed by atoms with Crippen LogP contribution in [0.3, 0.4) is 0 Å². The predicted molar refractivity (Wildman–Crippen MR) is 72.9 cm³/mol. The van der Waals surface area contributed by atoms with Crippen molar-refractivity contribution in [1.29, 1.82) is 0 Å². The molecule has 0 heterocycles. The third-order valence-electron chi connectivity index (χ3n) is 3.05. The monoisotopic (exact) mass is 274 g/mol. The first-order valence-electron chi connectivity index (χ1n) is 5.57. The van der Waals surface area contributed by atoms with Crippen molar-refractivity contribution in [3.63, 3.8) is 0 Å². The Kier molecular flexibility index (Phi) is 2.48. The summed E-state index contributed by atoms with van der Waals surface area (Å²) < 4.78 is 31.3. The molecule has 0 fully saturated rings. The van der Waals surface area contributed by atoms with Gasteiger partial charge in [-0.3, -0.25) is 4.55 Å². The number of phenolic OH excluding ortho intramolecular Hbond substituents is 1. The topological polar surface area (TPSA) is 74.6 Å². The van der Waals surface area contributed by atoms with E-state index >= 15 is 0 Å². The van der Waals surface area contributed by atoms with Crippen LogP contribution in [0.4, 0.5) is 0 Å². The van der Waals surface area contributed by atoms with Gasteiger partial charge < -0.3 is 5.11 Å². The molecule has 0 bridgehead atoms. The van der Waals surface area contributed by atoms with Gasteiger partial charge in [0.15, 0.2) is 0 Å². The quantitative estimate of drug-likeness (QED) is 0.528. The van der Waals surface area contributed by atoms with Crippen molar-refractivity contribution in [2.24, 2.45) is 0 Å². The lowest BCUT2D eigenvalue weighted by Gasteiger charge is -2.04. The molecule has 0 aliphatic heterocycles. The Morgan fingerprint density at radius 2 is 1.32 bits per heavy atom. The van der Waals surface area contributed by atoms with E-state index in [1.807, 2.05) is 6.07 Å². The van der Waals surface area contributed by atoms with Crippen LogP contribution in [0.15, 0.2) is 53.4 Å². The zero-order valence-corrected chi connectivity index (χ0v) is 10.6. The number of hydrogen-bond donors (Lipinski definition) is 2.